The molecule has 82 heavy (non-hydrogen) atoms. The largest absolute Gasteiger partial charge is 0.417 e. The first-order valence-electron chi connectivity index (χ1n) is 24.0. The van der Waals surface area contributed by atoms with Gasteiger partial charge in [0.2, 0.25) is 0 Å². The molecule has 0 atom stereocenters. The van der Waals surface area contributed by atoms with E-state index in [4.69, 9.17) is 0 Å². The number of fused-ring (bicyclic) bond motifs is 6. The summed E-state index contributed by atoms with van der Waals surface area (Å²) in [5.41, 5.74) is -10.1. The molecule has 0 aliphatic rings. The lowest BCUT2D eigenvalue weighted by molar-refractivity contribution is -0.144. The van der Waals surface area contributed by atoms with Crippen molar-refractivity contribution < 1.29 is 79.0 Å². The number of hydrogen-bond donors (Lipinski definition) is 0. The summed E-state index contributed by atoms with van der Waals surface area (Å²) in [6.45, 7) is 0. The zero-order valence-corrected chi connectivity index (χ0v) is 40.9. The van der Waals surface area contributed by atoms with E-state index in [0.29, 0.717) is 63.6 Å². The Morgan fingerprint density at radius 3 is 1.13 bits per heavy atom. The van der Waals surface area contributed by atoms with Crippen LogP contribution in [0, 0.1) is 11.3 Å². The minimum absolute atomic E-state index is 0.00670. The number of alkyl halides is 18. The van der Waals surface area contributed by atoms with E-state index in [1.165, 1.54) is 77.4 Å². The van der Waals surface area contributed by atoms with Crippen molar-refractivity contribution in [1.29, 1.82) is 5.26 Å². The second-order valence-corrected chi connectivity index (χ2v) is 19.1. The van der Waals surface area contributed by atoms with Gasteiger partial charge in [0.05, 0.1) is 78.5 Å². The van der Waals surface area contributed by atoms with Gasteiger partial charge in [0.25, 0.3) is 0 Å². The zero-order valence-electron chi connectivity index (χ0n) is 40.9. The van der Waals surface area contributed by atoms with Crippen LogP contribution in [0.4, 0.5) is 79.0 Å². The van der Waals surface area contributed by atoms with Crippen molar-refractivity contribution in [2.24, 2.45) is 0 Å². The molecule has 414 valence electrons. The Hall–Kier alpha value is -9.19. The van der Waals surface area contributed by atoms with Crippen LogP contribution in [-0.2, 0) is 37.1 Å². The van der Waals surface area contributed by atoms with Gasteiger partial charge in [0, 0.05) is 32.7 Å². The fourth-order valence-electron chi connectivity index (χ4n) is 10.4. The van der Waals surface area contributed by atoms with Crippen LogP contribution in [0.25, 0.3) is 99.5 Å². The molecule has 0 radical (unpaired) electrons. The Morgan fingerprint density at radius 2 is 0.695 bits per heavy atom. The monoisotopic (exact) mass is 1150 g/mol. The molecular weight excluding hydrogens is 1120 g/mol. The van der Waals surface area contributed by atoms with Crippen LogP contribution in [0.5, 0.6) is 0 Å². The van der Waals surface area contributed by atoms with Gasteiger partial charge in [-0.2, -0.15) is 84.3 Å². The molecule has 0 aliphatic heterocycles. The van der Waals surface area contributed by atoms with Gasteiger partial charge in [-0.25, -0.2) is 0 Å². The summed E-state index contributed by atoms with van der Waals surface area (Å²) < 4.78 is 259. The smallest absolute Gasteiger partial charge is 0.309 e. The lowest BCUT2D eigenvalue weighted by Gasteiger charge is -2.21. The van der Waals surface area contributed by atoms with Crippen molar-refractivity contribution in [3.8, 4) is 62.0 Å². The lowest BCUT2D eigenvalue weighted by atomic mass is 9.92. The first-order valence-corrected chi connectivity index (χ1v) is 24.0. The molecule has 0 fully saturated rings. The van der Waals surface area contributed by atoms with E-state index in [1.54, 1.807) is 53.1 Å². The molecule has 2 heterocycles. The SMILES string of the molecule is N#Cc1ccc(-n2c3ccccc3c3cc(-c4cc(C(F)(F)F)cc(C(F)(F)F)c4)ccc32)c(-c2ccc(-c3ccc(C(F)(F)F)cc3C(F)(F)F)cc2-n2c3ccccc3c3cc(-c4cc(C(F)(F)F)cc(C(F)(F)F)c4)ccc32)c1. The number of nitriles is 1. The number of para-hydroxylation sites is 2. The molecular formula is C61H29F18N3. The average Bonchev–Trinajstić information content (AvgIpc) is 3.88. The highest BCUT2D eigenvalue weighted by Gasteiger charge is 2.41. The second kappa shape index (κ2) is 19.0. The Morgan fingerprint density at radius 1 is 0.280 bits per heavy atom. The van der Waals surface area contributed by atoms with Crippen LogP contribution in [0.15, 0.2) is 176 Å². The molecule has 0 unspecified atom stereocenters. The summed E-state index contributed by atoms with van der Waals surface area (Å²) in [6.07, 6.45) is -31.3. The van der Waals surface area contributed by atoms with Crippen molar-refractivity contribution in [3.63, 3.8) is 0 Å². The third-order valence-corrected chi connectivity index (χ3v) is 14.0. The molecule has 11 rings (SSSR count). The van der Waals surface area contributed by atoms with Gasteiger partial charge < -0.3 is 9.13 Å². The minimum atomic E-state index is -5.37. The van der Waals surface area contributed by atoms with Gasteiger partial charge in [0.1, 0.15) is 0 Å². The summed E-state index contributed by atoms with van der Waals surface area (Å²) in [6, 6.07) is 34.2. The van der Waals surface area contributed by atoms with Crippen LogP contribution in [0.2, 0.25) is 0 Å². The summed E-state index contributed by atoms with van der Waals surface area (Å²) in [7, 11) is 0. The van der Waals surface area contributed by atoms with E-state index >= 15 is 0 Å². The van der Waals surface area contributed by atoms with E-state index in [0.717, 1.165) is 0 Å². The first kappa shape index (κ1) is 54.8. The Balaban J connectivity index is 1.20. The average molecular weight is 1150 g/mol. The molecule has 0 amide bonds. The predicted octanol–water partition coefficient (Wildman–Crippen LogP) is 20.5. The van der Waals surface area contributed by atoms with Crippen LogP contribution in [-0.4, -0.2) is 9.13 Å². The van der Waals surface area contributed by atoms with Crippen molar-refractivity contribution >= 4 is 43.6 Å². The standard InChI is InChI=1S/C61H29F18N3/c62-56(63,64)37-13-15-42(49(29-37)61(77,78)79)34-10-14-45(55(26-34)82-51-8-4-2-6-44(51)48-25-33(12-18-54(48)82)36-22-40(59(71,72)73)28-41(23-36)60(74,75)76)46-19-31(30-80)9-16-52(46)81-50-7-3-1-5-43(50)47-24-32(11-17-53(47)81)35-20-38(57(65,66)67)27-39(21-35)58(68,69)70/h1-29H. The molecule has 21 heteroatoms. The molecule has 0 spiro atoms. The molecule has 0 N–H and O–H groups in total. The zero-order chi connectivity index (χ0) is 58.8. The second-order valence-electron chi connectivity index (χ2n) is 19.1. The number of benzene rings is 9. The molecule has 9 aromatic carbocycles. The summed E-state index contributed by atoms with van der Waals surface area (Å²) in [5, 5.41) is 11.7. The van der Waals surface area contributed by atoms with Crippen LogP contribution in [0.1, 0.15) is 38.9 Å². The van der Waals surface area contributed by atoms with Gasteiger partial charge in [-0.1, -0.05) is 66.7 Å². The Kier molecular flexibility index (Phi) is 12.7. The number of aromatic nitrogens is 2. The van der Waals surface area contributed by atoms with Crippen LogP contribution < -0.4 is 0 Å². The fourth-order valence-corrected chi connectivity index (χ4v) is 10.4. The number of nitrogens with zero attached hydrogens (tertiary/aromatic N) is 3. The Labute approximate surface area is 449 Å². The van der Waals surface area contributed by atoms with Crippen molar-refractivity contribution in [3.05, 3.63) is 215 Å². The van der Waals surface area contributed by atoms with Crippen LogP contribution in [0.3, 0.4) is 0 Å². The fraction of sp³-hybridized carbons (Fsp3) is 0.0984. The third kappa shape index (κ3) is 9.78. The van der Waals surface area contributed by atoms with Crippen molar-refractivity contribution in [2.75, 3.05) is 0 Å². The lowest BCUT2D eigenvalue weighted by Crippen LogP contribution is -2.12. The van der Waals surface area contributed by atoms with Crippen LogP contribution >= 0.6 is 0 Å². The highest BCUT2D eigenvalue weighted by molar-refractivity contribution is 6.13. The maximum absolute atomic E-state index is 15.0. The van der Waals surface area contributed by atoms with E-state index in [9.17, 15) is 84.3 Å². The first-order chi connectivity index (χ1) is 38.4. The van der Waals surface area contributed by atoms with Crippen molar-refractivity contribution in [1.82, 2.24) is 9.13 Å². The molecule has 0 saturated heterocycles. The highest BCUT2D eigenvalue weighted by Crippen LogP contribution is 2.48. The van der Waals surface area contributed by atoms with Gasteiger partial charge in [-0.15, -0.1) is 0 Å². The quantitative estimate of drug-likeness (QED) is 0.153. The van der Waals surface area contributed by atoms with Gasteiger partial charge in [-0.3, -0.25) is 0 Å². The van der Waals surface area contributed by atoms with Gasteiger partial charge in [0.15, 0.2) is 0 Å². The number of rotatable bonds is 6. The minimum Gasteiger partial charge on any atom is -0.309 e. The molecule has 0 bridgehead atoms. The summed E-state index contributed by atoms with van der Waals surface area (Å²) in [5.74, 6) is 0. The summed E-state index contributed by atoms with van der Waals surface area (Å²) in [4.78, 5) is 0. The molecule has 11 aromatic rings. The number of halogens is 18. The third-order valence-electron chi connectivity index (χ3n) is 14.0. The predicted molar refractivity (Wildman–Crippen MR) is 272 cm³/mol. The molecule has 3 nitrogen and oxygen atoms in total. The maximum atomic E-state index is 15.0. The van der Waals surface area contributed by atoms with Gasteiger partial charge in [-0.05, 0) is 143 Å². The van der Waals surface area contributed by atoms with Gasteiger partial charge >= 0.3 is 37.1 Å². The maximum Gasteiger partial charge on any atom is 0.417 e. The van der Waals surface area contributed by atoms with E-state index < -0.39 is 87.1 Å². The highest BCUT2D eigenvalue weighted by atomic mass is 19.4. The number of hydrogen-bond acceptors (Lipinski definition) is 1. The summed E-state index contributed by atoms with van der Waals surface area (Å²) >= 11 is 0. The normalized spacial score (nSPS) is 13.0. The van der Waals surface area contributed by atoms with E-state index in [-0.39, 0.29) is 79.4 Å². The Bertz CT molecular complexity index is 4380. The molecule has 2 aromatic heterocycles. The molecule has 0 saturated carbocycles. The topological polar surface area (TPSA) is 33.6 Å². The van der Waals surface area contributed by atoms with Crippen molar-refractivity contribution in [2.45, 2.75) is 37.1 Å². The van der Waals surface area contributed by atoms with E-state index in [2.05, 4.69) is 0 Å². The molecule has 0 aliphatic carbocycles. The van der Waals surface area contributed by atoms with E-state index in [1.807, 2.05) is 6.07 Å².